The molecular weight excluding hydrogens is 694 g/mol. The van der Waals surface area contributed by atoms with E-state index in [9.17, 15) is 21.6 Å². The SMILES string of the molecule is Cc1cc(-c2ccc3ncc(S(=O)(=O)NC4CCCC4)n3c2)cn(C)c1=O.O=S(=O)(NC1CCCC1)c1cnc2ccc(Br)cn12. The Morgan fingerprint density at radius 1 is 0.739 bits per heavy atom. The third kappa shape index (κ3) is 6.83. The average molecular weight is 731 g/mol. The minimum absolute atomic E-state index is 0.00460. The molecule has 0 saturated heterocycles. The van der Waals surface area contributed by atoms with Crippen LogP contribution in [0.5, 0.6) is 0 Å². The van der Waals surface area contributed by atoms with E-state index in [0.29, 0.717) is 16.9 Å². The molecule has 46 heavy (non-hydrogen) atoms. The summed E-state index contributed by atoms with van der Waals surface area (Å²) in [5.41, 5.74) is 3.43. The minimum atomic E-state index is -3.65. The monoisotopic (exact) mass is 729 g/mol. The van der Waals surface area contributed by atoms with Crippen LogP contribution in [0.2, 0.25) is 0 Å². The number of aromatic nitrogens is 5. The van der Waals surface area contributed by atoms with Gasteiger partial charge in [0, 0.05) is 47.8 Å². The fourth-order valence-electron chi connectivity index (χ4n) is 6.14. The molecule has 12 nitrogen and oxygen atoms in total. The summed E-state index contributed by atoms with van der Waals surface area (Å²) in [6.45, 7) is 1.77. The number of hydrogen-bond acceptors (Lipinski definition) is 7. The van der Waals surface area contributed by atoms with Crippen LogP contribution in [-0.2, 0) is 27.1 Å². The normalized spacial score (nSPS) is 16.3. The summed E-state index contributed by atoms with van der Waals surface area (Å²) in [5, 5.41) is 0.323. The zero-order chi connectivity index (χ0) is 32.6. The van der Waals surface area contributed by atoms with Crippen molar-refractivity contribution in [1.29, 1.82) is 0 Å². The van der Waals surface area contributed by atoms with Gasteiger partial charge in [-0.05, 0) is 90.0 Å². The average Bonchev–Trinajstić information content (AvgIpc) is 3.83. The third-order valence-electron chi connectivity index (χ3n) is 8.51. The summed E-state index contributed by atoms with van der Waals surface area (Å²) in [6, 6.07) is 9.14. The van der Waals surface area contributed by atoms with Gasteiger partial charge in [-0.1, -0.05) is 25.7 Å². The van der Waals surface area contributed by atoms with Crippen LogP contribution in [0.25, 0.3) is 22.4 Å². The van der Waals surface area contributed by atoms with Gasteiger partial charge in [-0.15, -0.1) is 0 Å². The van der Waals surface area contributed by atoms with E-state index in [0.717, 1.165) is 67.0 Å². The van der Waals surface area contributed by atoms with Gasteiger partial charge in [0.15, 0.2) is 10.1 Å². The van der Waals surface area contributed by atoms with Gasteiger partial charge < -0.3 is 4.57 Å². The molecule has 5 aromatic rings. The molecule has 0 spiro atoms. The van der Waals surface area contributed by atoms with Crippen molar-refractivity contribution in [2.45, 2.75) is 80.4 Å². The molecular formula is C31H36BrN7O5S2. The van der Waals surface area contributed by atoms with Crippen LogP contribution in [-0.4, -0.2) is 52.3 Å². The highest BCUT2D eigenvalue weighted by Gasteiger charge is 2.27. The van der Waals surface area contributed by atoms with Crippen LogP contribution < -0.4 is 15.0 Å². The zero-order valence-corrected chi connectivity index (χ0v) is 28.8. The van der Waals surface area contributed by atoms with Gasteiger partial charge in [0.1, 0.15) is 11.3 Å². The molecule has 0 aromatic carbocycles. The molecule has 0 bridgehead atoms. The fraction of sp³-hybridized carbons (Fsp3) is 0.387. The van der Waals surface area contributed by atoms with Crippen molar-refractivity contribution in [2.24, 2.45) is 7.05 Å². The standard InChI is InChI=1S/C19H22N4O3S.C12H14BrN3O2S/c1-13-9-15(11-22(2)19(13)24)14-7-8-17-20-10-18(23(17)12-14)27(25,26)21-16-5-3-4-6-16;13-9-5-6-11-14-7-12(16(11)8-9)19(17,18)15-10-3-1-2-4-10/h7-12,16,21H,3-6H2,1-2H3;5-8,10,15H,1-4H2. The van der Waals surface area contributed by atoms with Gasteiger partial charge in [-0.2, -0.15) is 0 Å². The number of pyridine rings is 3. The first-order valence-electron chi connectivity index (χ1n) is 15.2. The number of halogens is 1. The lowest BCUT2D eigenvalue weighted by molar-refractivity contribution is 0.546. The number of fused-ring (bicyclic) bond motifs is 2. The Hall–Kier alpha value is -3.37. The van der Waals surface area contributed by atoms with E-state index >= 15 is 0 Å². The van der Waals surface area contributed by atoms with Crippen LogP contribution in [0.15, 0.2) is 80.6 Å². The summed E-state index contributed by atoms with van der Waals surface area (Å²) < 4.78 is 61.6. The molecule has 5 aromatic heterocycles. The van der Waals surface area contributed by atoms with Crippen LogP contribution in [0.4, 0.5) is 0 Å². The second-order valence-corrected chi connectivity index (χ2v) is 16.2. The minimum Gasteiger partial charge on any atom is -0.318 e. The zero-order valence-electron chi connectivity index (χ0n) is 25.6. The molecule has 2 saturated carbocycles. The molecule has 244 valence electrons. The fourth-order valence-corrected chi connectivity index (χ4v) is 9.26. The summed E-state index contributed by atoms with van der Waals surface area (Å²) >= 11 is 3.34. The smallest absolute Gasteiger partial charge is 0.258 e. The lowest BCUT2D eigenvalue weighted by atomic mass is 10.1. The maximum atomic E-state index is 12.8. The molecule has 0 unspecified atom stereocenters. The van der Waals surface area contributed by atoms with Crippen LogP contribution >= 0.6 is 15.9 Å². The Balaban J connectivity index is 0.000000172. The number of sulfonamides is 2. The molecule has 7 rings (SSSR count). The molecule has 0 atom stereocenters. The van der Waals surface area contributed by atoms with Crippen LogP contribution in [0, 0.1) is 6.92 Å². The van der Waals surface area contributed by atoms with E-state index in [1.807, 2.05) is 18.2 Å². The van der Waals surface area contributed by atoms with Gasteiger partial charge in [0.25, 0.3) is 25.6 Å². The lowest BCUT2D eigenvalue weighted by Gasteiger charge is -2.12. The molecule has 2 fully saturated rings. The maximum absolute atomic E-state index is 12.8. The highest BCUT2D eigenvalue weighted by Crippen LogP contribution is 2.25. The molecule has 0 aliphatic heterocycles. The Kier molecular flexibility index (Phi) is 9.22. The van der Waals surface area contributed by atoms with Crippen LogP contribution in [0.3, 0.4) is 0 Å². The van der Waals surface area contributed by atoms with E-state index in [1.165, 1.54) is 17.0 Å². The number of nitrogens with one attached hydrogen (secondary N) is 2. The highest BCUT2D eigenvalue weighted by molar-refractivity contribution is 9.10. The van der Waals surface area contributed by atoms with Crippen molar-refractivity contribution < 1.29 is 16.8 Å². The molecule has 0 amide bonds. The second-order valence-electron chi connectivity index (χ2n) is 11.9. The van der Waals surface area contributed by atoms with Gasteiger partial charge in [0.05, 0.1) is 12.4 Å². The van der Waals surface area contributed by atoms with Crippen molar-refractivity contribution in [3.05, 3.63) is 81.7 Å². The molecule has 2 aliphatic carbocycles. The van der Waals surface area contributed by atoms with Crippen molar-refractivity contribution in [2.75, 3.05) is 0 Å². The van der Waals surface area contributed by atoms with Gasteiger partial charge in [-0.25, -0.2) is 36.2 Å². The predicted molar refractivity (Wildman–Crippen MR) is 179 cm³/mol. The maximum Gasteiger partial charge on any atom is 0.258 e. The lowest BCUT2D eigenvalue weighted by Crippen LogP contribution is -2.33. The first kappa shape index (κ1) is 32.6. The van der Waals surface area contributed by atoms with Crippen molar-refractivity contribution >= 4 is 47.3 Å². The summed E-state index contributed by atoms with van der Waals surface area (Å²) in [5.74, 6) is 0. The van der Waals surface area contributed by atoms with E-state index in [1.54, 1.807) is 53.5 Å². The quantitative estimate of drug-likeness (QED) is 0.250. The van der Waals surface area contributed by atoms with Gasteiger partial charge in [0.2, 0.25) is 0 Å². The Morgan fingerprint density at radius 3 is 1.76 bits per heavy atom. The number of rotatable bonds is 7. The topological polar surface area (TPSA) is 149 Å². The van der Waals surface area contributed by atoms with E-state index in [4.69, 9.17) is 0 Å². The summed E-state index contributed by atoms with van der Waals surface area (Å²) in [7, 11) is -5.46. The van der Waals surface area contributed by atoms with E-state index in [-0.39, 0.29) is 27.7 Å². The van der Waals surface area contributed by atoms with E-state index in [2.05, 4.69) is 35.3 Å². The molecule has 15 heteroatoms. The van der Waals surface area contributed by atoms with Crippen molar-refractivity contribution in [3.63, 3.8) is 0 Å². The summed E-state index contributed by atoms with van der Waals surface area (Å²) in [6.07, 6.45) is 15.9. The predicted octanol–water partition coefficient (Wildman–Crippen LogP) is 4.55. The molecule has 0 radical (unpaired) electrons. The third-order valence-corrected chi connectivity index (χ3v) is 12.0. The number of hydrogen-bond donors (Lipinski definition) is 2. The highest BCUT2D eigenvalue weighted by atomic mass is 79.9. The van der Waals surface area contributed by atoms with Gasteiger partial charge >= 0.3 is 0 Å². The number of imidazole rings is 2. The first-order valence-corrected chi connectivity index (χ1v) is 19.0. The molecule has 5 heterocycles. The Labute approximate surface area is 276 Å². The van der Waals surface area contributed by atoms with Crippen molar-refractivity contribution in [1.82, 2.24) is 32.8 Å². The largest absolute Gasteiger partial charge is 0.318 e. The Bertz CT molecular complexity index is 2150. The first-order chi connectivity index (χ1) is 21.9. The molecule has 2 aliphatic rings. The van der Waals surface area contributed by atoms with Crippen LogP contribution in [0.1, 0.15) is 56.9 Å². The molecule has 2 N–H and O–H groups in total. The van der Waals surface area contributed by atoms with E-state index < -0.39 is 20.0 Å². The number of nitrogens with zero attached hydrogens (tertiary/aromatic N) is 5. The number of aryl methyl sites for hydroxylation is 2. The van der Waals surface area contributed by atoms with Crippen molar-refractivity contribution in [3.8, 4) is 11.1 Å². The Morgan fingerprint density at radius 2 is 1.24 bits per heavy atom. The second kappa shape index (κ2) is 13.0. The summed E-state index contributed by atoms with van der Waals surface area (Å²) in [4.78, 5) is 20.3. The van der Waals surface area contributed by atoms with Gasteiger partial charge in [-0.3, -0.25) is 13.6 Å².